The number of hydrogen-bond acceptors (Lipinski definition) is 3. The zero-order valence-electron chi connectivity index (χ0n) is 12.1. The minimum Gasteiger partial charge on any atom is -0.355 e. The number of amides is 1. The first-order valence-corrected chi connectivity index (χ1v) is 7.18. The van der Waals surface area contributed by atoms with Gasteiger partial charge in [0.25, 0.3) is 0 Å². The lowest BCUT2D eigenvalue weighted by atomic mass is 10.1. The van der Waals surface area contributed by atoms with Crippen molar-refractivity contribution in [2.45, 2.75) is 12.8 Å². The summed E-state index contributed by atoms with van der Waals surface area (Å²) in [7, 11) is 0. The van der Waals surface area contributed by atoms with Crippen molar-refractivity contribution in [1.29, 1.82) is 0 Å². The Balaban J connectivity index is 0.00000220. The molecule has 1 amide bonds. The average Bonchev–Trinajstić information content (AvgIpc) is 2.48. The van der Waals surface area contributed by atoms with E-state index in [1.807, 2.05) is 0 Å². The minimum absolute atomic E-state index is 0. The Morgan fingerprint density at radius 1 is 1.24 bits per heavy atom. The lowest BCUT2D eigenvalue weighted by molar-refractivity contribution is -0.121. The van der Waals surface area contributed by atoms with E-state index in [1.54, 1.807) is 12.1 Å². The van der Waals surface area contributed by atoms with Crippen molar-refractivity contribution in [3.05, 3.63) is 35.6 Å². The Morgan fingerprint density at radius 3 is 2.57 bits per heavy atom. The molecule has 1 aliphatic heterocycles. The first-order chi connectivity index (χ1) is 9.74. The Labute approximate surface area is 131 Å². The third-order valence-electron chi connectivity index (χ3n) is 3.51. The van der Waals surface area contributed by atoms with Crippen LogP contribution in [0.5, 0.6) is 0 Å². The third-order valence-corrected chi connectivity index (χ3v) is 3.51. The van der Waals surface area contributed by atoms with Crippen LogP contribution in [0.2, 0.25) is 0 Å². The first kappa shape index (κ1) is 17.9. The molecule has 1 heterocycles. The monoisotopic (exact) mass is 315 g/mol. The molecule has 0 bridgehead atoms. The van der Waals surface area contributed by atoms with Gasteiger partial charge in [0.2, 0.25) is 5.91 Å². The summed E-state index contributed by atoms with van der Waals surface area (Å²) in [6.45, 7) is 5.75. The van der Waals surface area contributed by atoms with Crippen molar-refractivity contribution in [2.75, 3.05) is 39.3 Å². The Hall–Kier alpha value is -1.17. The Kier molecular flexibility index (Phi) is 8.27. The van der Waals surface area contributed by atoms with Crippen molar-refractivity contribution in [3.63, 3.8) is 0 Å². The van der Waals surface area contributed by atoms with Gasteiger partial charge in [-0.25, -0.2) is 4.39 Å². The summed E-state index contributed by atoms with van der Waals surface area (Å²) in [5, 5.41) is 6.24. The fraction of sp³-hybridized carbons (Fsp3) is 0.533. The van der Waals surface area contributed by atoms with E-state index in [-0.39, 0.29) is 24.1 Å². The zero-order valence-corrected chi connectivity index (χ0v) is 12.9. The summed E-state index contributed by atoms with van der Waals surface area (Å²) in [6, 6.07) is 6.31. The smallest absolute Gasteiger partial charge is 0.220 e. The molecule has 1 saturated heterocycles. The van der Waals surface area contributed by atoms with Gasteiger partial charge in [0, 0.05) is 45.7 Å². The molecule has 2 N–H and O–H groups in total. The number of nitrogens with one attached hydrogen (secondary N) is 2. The van der Waals surface area contributed by atoms with Gasteiger partial charge in [-0.05, 0) is 24.1 Å². The molecule has 0 aromatic heterocycles. The maximum Gasteiger partial charge on any atom is 0.220 e. The quantitative estimate of drug-likeness (QED) is 0.829. The second-order valence-electron chi connectivity index (χ2n) is 5.07. The van der Waals surface area contributed by atoms with E-state index in [2.05, 4.69) is 15.5 Å². The normalized spacial score (nSPS) is 15.3. The number of carbonyl (C=O) groups is 1. The molecule has 0 atom stereocenters. The predicted molar refractivity (Wildman–Crippen MR) is 84.3 cm³/mol. The van der Waals surface area contributed by atoms with Gasteiger partial charge in [0.05, 0.1) is 0 Å². The maximum atomic E-state index is 12.7. The van der Waals surface area contributed by atoms with Crippen LogP contribution in [0.4, 0.5) is 4.39 Å². The summed E-state index contributed by atoms with van der Waals surface area (Å²) in [6.07, 6.45) is 1.10. The van der Waals surface area contributed by atoms with Crippen molar-refractivity contribution in [3.8, 4) is 0 Å². The van der Waals surface area contributed by atoms with Crippen LogP contribution in [0.3, 0.4) is 0 Å². The number of piperazine rings is 1. The van der Waals surface area contributed by atoms with E-state index in [0.717, 1.165) is 38.3 Å². The predicted octanol–water partition coefficient (Wildman–Crippen LogP) is 1.20. The number of aryl methyl sites for hydroxylation is 1. The van der Waals surface area contributed by atoms with Gasteiger partial charge in [-0.2, -0.15) is 0 Å². The summed E-state index contributed by atoms with van der Waals surface area (Å²) < 4.78 is 12.7. The van der Waals surface area contributed by atoms with Crippen LogP contribution in [0, 0.1) is 5.82 Å². The number of halogens is 2. The second kappa shape index (κ2) is 9.71. The lowest BCUT2D eigenvalue weighted by Gasteiger charge is -2.27. The maximum absolute atomic E-state index is 12.7. The molecule has 0 aliphatic carbocycles. The molecular formula is C15H23ClFN3O. The van der Waals surface area contributed by atoms with Gasteiger partial charge in [0.15, 0.2) is 0 Å². The summed E-state index contributed by atoms with van der Waals surface area (Å²) in [5.41, 5.74) is 0.989. The molecule has 0 saturated carbocycles. The van der Waals surface area contributed by atoms with E-state index >= 15 is 0 Å². The summed E-state index contributed by atoms with van der Waals surface area (Å²) >= 11 is 0. The van der Waals surface area contributed by atoms with Gasteiger partial charge in [-0.15, -0.1) is 12.4 Å². The van der Waals surface area contributed by atoms with Crippen LogP contribution in [0.1, 0.15) is 12.0 Å². The van der Waals surface area contributed by atoms with Crippen LogP contribution in [-0.2, 0) is 11.2 Å². The fourth-order valence-corrected chi connectivity index (χ4v) is 2.29. The topological polar surface area (TPSA) is 44.4 Å². The molecule has 21 heavy (non-hydrogen) atoms. The lowest BCUT2D eigenvalue weighted by Crippen LogP contribution is -2.46. The molecular weight excluding hydrogens is 293 g/mol. The van der Waals surface area contributed by atoms with Crippen LogP contribution >= 0.6 is 12.4 Å². The Bertz CT molecular complexity index is 421. The highest BCUT2D eigenvalue weighted by molar-refractivity contribution is 5.85. The van der Waals surface area contributed by atoms with Crippen molar-refractivity contribution in [1.82, 2.24) is 15.5 Å². The average molecular weight is 316 g/mol. The molecule has 0 radical (unpaired) electrons. The third kappa shape index (κ3) is 6.89. The van der Waals surface area contributed by atoms with E-state index < -0.39 is 0 Å². The molecule has 1 aromatic rings. The number of benzene rings is 1. The number of carbonyl (C=O) groups excluding carboxylic acids is 1. The second-order valence-corrected chi connectivity index (χ2v) is 5.07. The molecule has 1 aromatic carbocycles. The minimum atomic E-state index is -0.241. The summed E-state index contributed by atoms with van der Waals surface area (Å²) in [4.78, 5) is 14.1. The highest BCUT2D eigenvalue weighted by atomic mass is 35.5. The van der Waals surface area contributed by atoms with Gasteiger partial charge in [0.1, 0.15) is 5.82 Å². The largest absolute Gasteiger partial charge is 0.355 e. The number of hydrogen-bond donors (Lipinski definition) is 2. The van der Waals surface area contributed by atoms with Crippen molar-refractivity contribution in [2.24, 2.45) is 0 Å². The standard InChI is InChI=1S/C15H22FN3O.ClH/c16-14-4-1-13(2-5-14)3-6-15(20)18-9-12-19-10-7-17-8-11-19;/h1-2,4-5,17H,3,6-12H2,(H,18,20);1H. The summed E-state index contributed by atoms with van der Waals surface area (Å²) in [5.74, 6) is -0.182. The SMILES string of the molecule is Cl.O=C(CCc1ccc(F)cc1)NCCN1CCNCC1. The van der Waals surface area contributed by atoms with Crippen LogP contribution in [0.15, 0.2) is 24.3 Å². The van der Waals surface area contributed by atoms with Gasteiger partial charge in [-0.1, -0.05) is 12.1 Å². The molecule has 2 rings (SSSR count). The molecule has 4 nitrogen and oxygen atoms in total. The number of rotatable bonds is 6. The van der Waals surface area contributed by atoms with E-state index in [4.69, 9.17) is 0 Å². The highest BCUT2D eigenvalue weighted by Gasteiger charge is 2.09. The number of nitrogens with zero attached hydrogens (tertiary/aromatic N) is 1. The van der Waals surface area contributed by atoms with Crippen LogP contribution in [0.25, 0.3) is 0 Å². The Morgan fingerprint density at radius 2 is 1.90 bits per heavy atom. The van der Waals surface area contributed by atoms with Crippen LogP contribution in [-0.4, -0.2) is 50.1 Å². The van der Waals surface area contributed by atoms with E-state index in [9.17, 15) is 9.18 Å². The zero-order chi connectivity index (χ0) is 14.2. The molecule has 1 fully saturated rings. The van der Waals surface area contributed by atoms with Crippen molar-refractivity contribution >= 4 is 18.3 Å². The fourth-order valence-electron chi connectivity index (χ4n) is 2.29. The molecule has 118 valence electrons. The van der Waals surface area contributed by atoms with E-state index in [1.165, 1.54) is 12.1 Å². The molecule has 0 spiro atoms. The molecule has 1 aliphatic rings. The first-order valence-electron chi connectivity index (χ1n) is 7.18. The highest BCUT2D eigenvalue weighted by Crippen LogP contribution is 2.05. The van der Waals surface area contributed by atoms with Crippen molar-refractivity contribution < 1.29 is 9.18 Å². The molecule has 0 unspecified atom stereocenters. The van der Waals surface area contributed by atoms with Crippen LogP contribution < -0.4 is 10.6 Å². The van der Waals surface area contributed by atoms with Gasteiger partial charge < -0.3 is 10.6 Å². The van der Waals surface area contributed by atoms with Gasteiger partial charge >= 0.3 is 0 Å². The molecule has 6 heteroatoms. The van der Waals surface area contributed by atoms with Gasteiger partial charge in [-0.3, -0.25) is 9.69 Å². The van der Waals surface area contributed by atoms with E-state index in [0.29, 0.717) is 19.4 Å².